The Hall–Kier alpha value is -3.01. The molecule has 2 heterocycles. The number of aromatic nitrogens is 4. The van der Waals surface area contributed by atoms with Gasteiger partial charge in [0.2, 0.25) is 11.8 Å². The highest BCUT2D eigenvalue weighted by atomic mass is 32.2. The average molecular weight is 360 g/mol. The van der Waals surface area contributed by atoms with E-state index >= 15 is 0 Å². The van der Waals surface area contributed by atoms with Crippen LogP contribution in [0.1, 0.15) is 11.5 Å². The highest BCUT2D eigenvalue weighted by Gasteiger charge is 2.14. The fraction of sp³-hybridized carbons (Fsp3) is 0.200. The van der Waals surface area contributed by atoms with E-state index in [0.717, 1.165) is 0 Å². The Morgan fingerprint density at radius 3 is 2.52 bits per heavy atom. The van der Waals surface area contributed by atoms with Crippen LogP contribution in [0.15, 0.2) is 33.7 Å². The summed E-state index contributed by atoms with van der Waals surface area (Å²) < 4.78 is 28.6. The number of hydrogen-bond donors (Lipinski definition) is 2. The monoisotopic (exact) mass is 360 g/mol. The first-order chi connectivity index (χ1) is 11.7. The summed E-state index contributed by atoms with van der Waals surface area (Å²) in [6.07, 6.45) is 2.65. The van der Waals surface area contributed by atoms with E-state index < -0.39 is 9.84 Å². The molecule has 25 heavy (non-hydrogen) atoms. The van der Waals surface area contributed by atoms with Gasteiger partial charge in [0.15, 0.2) is 9.84 Å². The van der Waals surface area contributed by atoms with E-state index in [1.54, 1.807) is 26.0 Å². The van der Waals surface area contributed by atoms with Gasteiger partial charge in [0, 0.05) is 25.1 Å². The summed E-state index contributed by atoms with van der Waals surface area (Å²) >= 11 is 0. The lowest BCUT2D eigenvalue weighted by Crippen LogP contribution is -2.04. The molecule has 0 aliphatic heterocycles. The van der Waals surface area contributed by atoms with Gasteiger partial charge >= 0.3 is 0 Å². The van der Waals surface area contributed by atoms with Gasteiger partial charge in [-0.25, -0.2) is 13.4 Å². The van der Waals surface area contributed by atoms with Crippen LogP contribution in [0.4, 0.5) is 17.5 Å². The molecule has 0 bridgehead atoms. The van der Waals surface area contributed by atoms with Crippen molar-refractivity contribution in [1.29, 1.82) is 0 Å². The Morgan fingerprint density at radius 2 is 1.96 bits per heavy atom. The van der Waals surface area contributed by atoms with Crippen molar-refractivity contribution in [3.05, 3.63) is 35.9 Å². The van der Waals surface area contributed by atoms with Crippen LogP contribution < -0.4 is 11.1 Å². The topological polar surface area (TPSA) is 137 Å². The van der Waals surface area contributed by atoms with E-state index in [2.05, 4.69) is 25.5 Å². The van der Waals surface area contributed by atoms with Crippen molar-refractivity contribution in [2.75, 3.05) is 17.3 Å². The first-order valence-corrected chi connectivity index (χ1v) is 9.14. The van der Waals surface area contributed by atoms with E-state index in [9.17, 15) is 8.42 Å². The van der Waals surface area contributed by atoms with Crippen molar-refractivity contribution in [2.24, 2.45) is 0 Å². The highest BCUT2D eigenvalue weighted by Crippen LogP contribution is 2.25. The lowest BCUT2D eigenvalue weighted by Gasteiger charge is -2.09. The third-order valence-electron chi connectivity index (χ3n) is 3.41. The zero-order chi connectivity index (χ0) is 18.2. The van der Waals surface area contributed by atoms with Crippen molar-refractivity contribution in [3.63, 3.8) is 0 Å². The molecule has 3 N–H and O–H groups in total. The molecule has 3 rings (SSSR count). The number of nitrogens with zero attached hydrogens (tertiary/aromatic N) is 4. The maximum absolute atomic E-state index is 11.7. The quantitative estimate of drug-likeness (QED) is 0.714. The van der Waals surface area contributed by atoms with E-state index in [1.807, 2.05) is 0 Å². The number of nitrogen functional groups attached to an aromatic ring is 1. The van der Waals surface area contributed by atoms with Crippen LogP contribution >= 0.6 is 0 Å². The molecular weight excluding hydrogens is 344 g/mol. The van der Waals surface area contributed by atoms with Crippen molar-refractivity contribution >= 4 is 27.3 Å². The minimum absolute atomic E-state index is 0.186. The number of benzene rings is 1. The number of hydrogen-bond acceptors (Lipinski definition) is 9. The first-order valence-electron chi connectivity index (χ1n) is 7.25. The molecule has 10 heteroatoms. The summed E-state index contributed by atoms with van der Waals surface area (Å²) in [5.74, 6) is 1.11. The Bertz CT molecular complexity index is 1050. The molecular formula is C15H16N6O3S. The zero-order valence-corrected chi connectivity index (χ0v) is 14.6. The van der Waals surface area contributed by atoms with Crippen molar-refractivity contribution in [3.8, 4) is 11.5 Å². The van der Waals surface area contributed by atoms with E-state index in [0.29, 0.717) is 22.7 Å². The smallest absolute Gasteiger partial charge is 0.253 e. The molecule has 0 spiro atoms. The molecule has 1 aromatic carbocycles. The number of sulfone groups is 1. The summed E-state index contributed by atoms with van der Waals surface area (Å²) in [5.41, 5.74) is 7.64. The molecule has 0 saturated carbocycles. The number of aryl methyl sites for hydroxylation is 2. The van der Waals surface area contributed by atoms with Gasteiger partial charge in [0.25, 0.3) is 5.89 Å². The molecule has 0 fully saturated rings. The summed E-state index contributed by atoms with van der Waals surface area (Å²) in [4.78, 5) is 8.62. The largest absolute Gasteiger partial charge is 0.421 e. The standard InChI is InChI=1S/C15H16N6O3S/c1-8-6-10(4-5-12(8)25(3,22)23)18-15-17-7-11(13(16)19-15)14-21-20-9(2)24-14/h4-7H,1-3H3,(H3,16,17,18,19). The van der Waals surface area contributed by atoms with Gasteiger partial charge in [-0.1, -0.05) is 0 Å². The Kier molecular flexibility index (Phi) is 4.13. The molecule has 3 aromatic rings. The number of anilines is 3. The second-order valence-electron chi connectivity index (χ2n) is 5.50. The third-order valence-corrected chi connectivity index (χ3v) is 4.66. The van der Waals surface area contributed by atoms with Crippen molar-refractivity contribution in [1.82, 2.24) is 20.2 Å². The lowest BCUT2D eigenvalue weighted by atomic mass is 10.2. The van der Waals surface area contributed by atoms with Crippen molar-refractivity contribution < 1.29 is 12.8 Å². The maximum atomic E-state index is 11.7. The molecule has 0 saturated heterocycles. The van der Waals surface area contributed by atoms with Crippen LogP contribution in [0, 0.1) is 13.8 Å². The number of nitrogens with one attached hydrogen (secondary N) is 1. The van der Waals surface area contributed by atoms with E-state index in [-0.39, 0.29) is 22.6 Å². The zero-order valence-electron chi connectivity index (χ0n) is 13.8. The van der Waals surface area contributed by atoms with Gasteiger partial charge in [0.1, 0.15) is 5.82 Å². The lowest BCUT2D eigenvalue weighted by molar-refractivity contribution is 0.532. The summed E-state index contributed by atoms with van der Waals surface area (Å²) in [6, 6.07) is 4.87. The van der Waals surface area contributed by atoms with Gasteiger partial charge in [-0.05, 0) is 30.7 Å². The fourth-order valence-electron chi connectivity index (χ4n) is 2.30. The minimum Gasteiger partial charge on any atom is -0.421 e. The first kappa shape index (κ1) is 16.8. The Labute approximate surface area is 144 Å². The van der Waals surface area contributed by atoms with Crippen LogP contribution in [0.5, 0.6) is 0 Å². The molecule has 0 radical (unpaired) electrons. The molecule has 0 aliphatic carbocycles. The molecule has 0 unspecified atom stereocenters. The van der Waals surface area contributed by atoms with E-state index in [1.165, 1.54) is 18.5 Å². The third kappa shape index (κ3) is 3.58. The van der Waals surface area contributed by atoms with Crippen LogP contribution in [0.25, 0.3) is 11.5 Å². The summed E-state index contributed by atoms with van der Waals surface area (Å²) in [7, 11) is -3.27. The van der Waals surface area contributed by atoms with Gasteiger partial charge in [-0.2, -0.15) is 4.98 Å². The summed E-state index contributed by atoms with van der Waals surface area (Å²) in [6.45, 7) is 3.39. The fourth-order valence-corrected chi connectivity index (χ4v) is 3.26. The molecule has 9 nitrogen and oxygen atoms in total. The van der Waals surface area contributed by atoms with Crippen LogP contribution in [0.3, 0.4) is 0 Å². The average Bonchev–Trinajstić information content (AvgIpc) is 2.92. The van der Waals surface area contributed by atoms with Crippen LogP contribution in [-0.2, 0) is 9.84 Å². The molecule has 0 atom stereocenters. The molecule has 0 amide bonds. The number of nitrogens with two attached hydrogens (primary N) is 1. The number of rotatable bonds is 4. The second-order valence-corrected chi connectivity index (χ2v) is 7.48. The second kappa shape index (κ2) is 6.13. The van der Waals surface area contributed by atoms with Crippen molar-refractivity contribution in [2.45, 2.75) is 18.7 Å². The summed E-state index contributed by atoms with van der Waals surface area (Å²) in [5, 5.41) is 10.6. The van der Waals surface area contributed by atoms with Gasteiger partial charge in [-0.3, -0.25) is 0 Å². The predicted molar refractivity (Wildman–Crippen MR) is 92.0 cm³/mol. The van der Waals surface area contributed by atoms with Gasteiger partial charge < -0.3 is 15.5 Å². The van der Waals surface area contributed by atoms with Gasteiger partial charge in [0.05, 0.1) is 10.5 Å². The minimum atomic E-state index is -3.27. The molecule has 0 aliphatic rings. The molecule has 2 aromatic heterocycles. The molecule has 130 valence electrons. The SMILES string of the molecule is Cc1nnc(-c2cnc(Nc3ccc(S(C)(=O)=O)c(C)c3)nc2N)o1. The normalized spacial score (nSPS) is 11.5. The Balaban J connectivity index is 1.87. The Morgan fingerprint density at radius 1 is 1.20 bits per heavy atom. The van der Waals surface area contributed by atoms with Crippen LogP contribution in [-0.4, -0.2) is 34.8 Å². The highest BCUT2D eigenvalue weighted by molar-refractivity contribution is 7.90. The van der Waals surface area contributed by atoms with E-state index in [4.69, 9.17) is 10.2 Å². The van der Waals surface area contributed by atoms with Crippen LogP contribution in [0.2, 0.25) is 0 Å². The maximum Gasteiger partial charge on any atom is 0.253 e. The van der Waals surface area contributed by atoms with Gasteiger partial charge in [-0.15, -0.1) is 10.2 Å². The predicted octanol–water partition coefficient (Wildman–Crippen LogP) is 1.87.